The molecule has 0 bridgehead atoms. The van der Waals surface area contributed by atoms with Crippen LogP contribution in [0.1, 0.15) is 18.9 Å². The van der Waals surface area contributed by atoms with Crippen molar-refractivity contribution in [1.29, 1.82) is 0 Å². The number of hydrogen-bond acceptors (Lipinski definition) is 4. The van der Waals surface area contributed by atoms with E-state index >= 15 is 0 Å². The second-order valence-corrected chi connectivity index (χ2v) is 7.20. The van der Waals surface area contributed by atoms with Crippen molar-refractivity contribution in [2.24, 2.45) is 0 Å². The molecule has 2 rings (SSSR count). The Hall–Kier alpha value is -1.69. The summed E-state index contributed by atoms with van der Waals surface area (Å²) in [6.45, 7) is 1.76. The van der Waals surface area contributed by atoms with E-state index in [0.29, 0.717) is 6.42 Å². The first kappa shape index (κ1) is 13.7. The molecule has 1 aromatic rings. The van der Waals surface area contributed by atoms with Crippen LogP contribution in [0, 0.1) is 0 Å². The van der Waals surface area contributed by atoms with Gasteiger partial charge in [0.1, 0.15) is 0 Å². The molecule has 1 aliphatic heterocycles. The first-order valence-corrected chi connectivity index (χ1v) is 7.81. The number of nitrogens with one attached hydrogen (secondary N) is 1. The van der Waals surface area contributed by atoms with Crippen LogP contribution in [0.3, 0.4) is 0 Å². The van der Waals surface area contributed by atoms with Gasteiger partial charge in [-0.1, -0.05) is 6.07 Å². The fourth-order valence-electron chi connectivity index (χ4n) is 2.09. The van der Waals surface area contributed by atoms with Crippen molar-refractivity contribution in [3.05, 3.63) is 36.2 Å². The van der Waals surface area contributed by atoms with Gasteiger partial charge in [0.25, 0.3) is 0 Å². The normalized spacial score (nSPS) is 25.5. The van der Waals surface area contributed by atoms with E-state index in [1.807, 2.05) is 6.07 Å². The van der Waals surface area contributed by atoms with E-state index in [0.717, 1.165) is 5.56 Å². The molecule has 19 heavy (non-hydrogen) atoms. The average Bonchev–Trinajstić information content (AvgIpc) is 2.62. The molecule has 1 aromatic heterocycles. The van der Waals surface area contributed by atoms with Crippen molar-refractivity contribution in [3.63, 3.8) is 0 Å². The Morgan fingerprint density at radius 1 is 1.53 bits per heavy atom. The number of carbonyl (C=O) groups is 1. The smallest absolute Gasteiger partial charge is 0.244 e. The second kappa shape index (κ2) is 5.13. The van der Waals surface area contributed by atoms with Gasteiger partial charge in [0, 0.05) is 18.5 Å². The summed E-state index contributed by atoms with van der Waals surface area (Å²) in [5.74, 6) is -0.147. The van der Waals surface area contributed by atoms with E-state index in [1.54, 1.807) is 31.5 Å². The maximum absolute atomic E-state index is 11.8. The summed E-state index contributed by atoms with van der Waals surface area (Å²) in [6, 6.07) is 3.61. The lowest BCUT2D eigenvalue weighted by Crippen LogP contribution is -2.46. The highest BCUT2D eigenvalue weighted by Crippen LogP contribution is 2.22. The molecule has 102 valence electrons. The van der Waals surface area contributed by atoms with Gasteiger partial charge in [-0.05, 0) is 31.1 Å². The third-order valence-corrected chi connectivity index (χ3v) is 4.94. The minimum Gasteiger partial charge on any atom is -0.346 e. The molecule has 1 aliphatic rings. The number of pyridine rings is 1. The van der Waals surface area contributed by atoms with Gasteiger partial charge in [0.15, 0.2) is 9.84 Å². The van der Waals surface area contributed by atoms with Crippen LogP contribution in [0.25, 0.3) is 6.08 Å². The molecule has 5 nitrogen and oxygen atoms in total. The lowest BCUT2D eigenvalue weighted by Gasteiger charge is -2.22. The molecule has 1 N–H and O–H groups in total. The van der Waals surface area contributed by atoms with Gasteiger partial charge < -0.3 is 5.32 Å². The highest BCUT2D eigenvalue weighted by molar-refractivity contribution is 7.91. The molecule has 1 fully saturated rings. The predicted octanol–water partition coefficient (Wildman–Crippen LogP) is 0.788. The highest BCUT2D eigenvalue weighted by atomic mass is 32.2. The Balaban J connectivity index is 1.97. The molecule has 6 heteroatoms. The van der Waals surface area contributed by atoms with Gasteiger partial charge >= 0.3 is 0 Å². The van der Waals surface area contributed by atoms with Gasteiger partial charge in [0.05, 0.1) is 17.0 Å². The number of rotatable bonds is 3. The summed E-state index contributed by atoms with van der Waals surface area (Å²) in [5.41, 5.74) is 0.164. The van der Waals surface area contributed by atoms with Crippen LogP contribution in [0.2, 0.25) is 0 Å². The Kier molecular flexibility index (Phi) is 3.71. The molecule has 0 aliphatic carbocycles. The van der Waals surface area contributed by atoms with Crippen LogP contribution < -0.4 is 5.32 Å². The van der Waals surface area contributed by atoms with Gasteiger partial charge in [-0.15, -0.1) is 0 Å². The molecule has 0 saturated carbocycles. The van der Waals surface area contributed by atoms with Crippen molar-refractivity contribution in [2.45, 2.75) is 18.9 Å². The van der Waals surface area contributed by atoms with E-state index in [4.69, 9.17) is 0 Å². The van der Waals surface area contributed by atoms with E-state index in [2.05, 4.69) is 10.3 Å². The van der Waals surface area contributed by atoms with E-state index in [-0.39, 0.29) is 17.4 Å². The SMILES string of the molecule is CC1(NC(=O)/C=C/c2cccnc2)CCS(=O)(=O)C1. The quantitative estimate of drug-likeness (QED) is 0.830. The summed E-state index contributed by atoms with van der Waals surface area (Å²) in [4.78, 5) is 15.7. The first-order chi connectivity index (χ1) is 8.89. The minimum atomic E-state index is -3.02. The van der Waals surface area contributed by atoms with Crippen LogP contribution in [0.15, 0.2) is 30.6 Å². The molecular weight excluding hydrogens is 264 g/mol. The molecule has 2 heterocycles. The van der Waals surface area contributed by atoms with Gasteiger partial charge in [-0.25, -0.2) is 8.42 Å². The zero-order valence-electron chi connectivity index (χ0n) is 10.7. The fourth-order valence-corrected chi connectivity index (χ4v) is 4.19. The number of sulfone groups is 1. The standard InChI is InChI=1S/C13H16N2O3S/c1-13(6-8-19(17,18)10-13)15-12(16)5-4-11-3-2-7-14-9-11/h2-5,7,9H,6,8,10H2,1H3,(H,15,16)/b5-4+. The number of nitrogens with zero attached hydrogens (tertiary/aromatic N) is 1. The molecular formula is C13H16N2O3S. The Labute approximate surface area is 112 Å². The molecule has 0 radical (unpaired) electrons. The van der Waals surface area contributed by atoms with Crippen molar-refractivity contribution in [3.8, 4) is 0 Å². The maximum Gasteiger partial charge on any atom is 0.244 e. The Morgan fingerprint density at radius 3 is 2.89 bits per heavy atom. The van der Waals surface area contributed by atoms with Crippen molar-refractivity contribution in [1.82, 2.24) is 10.3 Å². The van der Waals surface area contributed by atoms with Crippen LogP contribution in [0.5, 0.6) is 0 Å². The monoisotopic (exact) mass is 280 g/mol. The zero-order chi connectivity index (χ0) is 13.9. The summed E-state index contributed by atoms with van der Waals surface area (Å²) < 4.78 is 22.9. The minimum absolute atomic E-state index is 0.00642. The van der Waals surface area contributed by atoms with Crippen LogP contribution in [0.4, 0.5) is 0 Å². The number of hydrogen-bond donors (Lipinski definition) is 1. The van der Waals surface area contributed by atoms with Gasteiger partial charge in [-0.3, -0.25) is 9.78 Å². The van der Waals surface area contributed by atoms with E-state index in [9.17, 15) is 13.2 Å². The summed E-state index contributed by atoms with van der Waals surface area (Å²) >= 11 is 0. The largest absolute Gasteiger partial charge is 0.346 e. The summed E-state index contributed by atoms with van der Waals surface area (Å²) in [7, 11) is -3.02. The van der Waals surface area contributed by atoms with Crippen LogP contribution in [-0.4, -0.2) is 36.4 Å². The average molecular weight is 280 g/mol. The van der Waals surface area contributed by atoms with E-state index in [1.165, 1.54) is 6.08 Å². The third kappa shape index (κ3) is 3.89. The lowest BCUT2D eigenvalue weighted by atomic mass is 10.0. The molecule has 1 atom stereocenters. The molecule has 1 unspecified atom stereocenters. The number of carbonyl (C=O) groups excluding carboxylic acids is 1. The fraction of sp³-hybridized carbons (Fsp3) is 0.385. The molecule has 1 amide bonds. The van der Waals surface area contributed by atoms with Crippen molar-refractivity contribution in [2.75, 3.05) is 11.5 Å². The number of amides is 1. The summed E-state index contributed by atoms with van der Waals surface area (Å²) in [6.07, 6.45) is 6.80. The Bertz CT molecular complexity index is 596. The highest BCUT2D eigenvalue weighted by Gasteiger charge is 2.38. The van der Waals surface area contributed by atoms with Crippen molar-refractivity contribution >= 4 is 21.8 Å². The first-order valence-electron chi connectivity index (χ1n) is 5.99. The molecule has 0 aromatic carbocycles. The van der Waals surface area contributed by atoms with Crippen molar-refractivity contribution < 1.29 is 13.2 Å². The maximum atomic E-state index is 11.8. The molecule has 1 saturated heterocycles. The molecule has 0 spiro atoms. The van der Waals surface area contributed by atoms with Gasteiger partial charge in [0.2, 0.25) is 5.91 Å². The zero-order valence-corrected chi connectivity index (χ0v) is 11.5. The lowest BCUT2D eigenvalue weighted by molar-refractivity contribution is -0.117. The topological polar surface area (TPSA) is 76.1 Å². The van der Waals surface area contributed by atoms with Gasteiger partial charge in [-0.2, -0.15) is 0 Å². The Morgan fingerprint density at radius 2 is 2.32 bits per heavy atom. The second-order valence-electron chi connectivity index (χ2n) is 5.01. The van der Waals surface area contributed by atoms with Crippen LogP contribution in [-0.2, 0) is 14.6 Å². The predicted molar refractivity (Wildman–Crippen MR) is 73.1 cm³/mol. The third-order valence-electron chi connectivity index (χ3n) is 3.04. The summed E-state index contributed by atoms with van der Waals surface area (Å²) in [5, 5.41) is 2.76. The van der Waals surface area contributed by atoms with E-state index < -0.39 is 15.4 Å². The van der Waals surface area contributed by atoms with Crippen LogP contribution >= 0.6 is 0 Å². The number of aromatic nitrogens is 1.